The molecule has 0 radical (unpaired) electrons. The van der Waals surface area contributed by atoms with Crippen molar-refractivity contribution in [2.24, 2.45) is 0 Å². The molecule has 2 heterocycles. The Kier molecular flexibility index (Phi) is 5.01. The monoisotopic (exact) mass is 450 g/mol. The normalized spacial score (nSPS) is 19.7. The number of benzene rings is 3. The van der Waals surface area contributed by atoms with E-state index in [9.17, 15) is 18.4 Å². The molecule has 2 amide bonds. The molecule has 5 rings (SSSR count). The Morgan fingerprint density at radius 3 is 2.34 bits per heavy atom. The number of fused-ring (bicyclic) bond motifs is 2. The van der Waals surface area contributed by atoms with E-state index in [1.165, 1.54) is 48.2 Å². The topological polar surface area (TPSA) is 40.6 Å². The maximum Gasteiger partial charge on any atom is 0.268 e. The van der Waals surface area contributed by atoms with Gasteiger partial charge in [0, 0.05) is 23.4 Å². The van der Waals surface area contributed by atoms with Crippen molar-refractivity contribution in [3.63, 3.8) is 0 Å². The van der Waals surface area contributed by atoms with Crippen LogP contribution in [-0.2, 0) is 16.2 Å². The van der Waals surface area contributed by atoms with E-state index in [4.69, 9.17) is 0 Å². The van der Waals surface area contributed by atoms with Crippen molar-refractivity contribution in [1.82, 2.24) is 4.90 Å². The largest absolute Gasteiger partial charge is 0.311 e. The second-order valence-electron chi connectivity index (χ2n) is 7.99. The molecule has 1 fully saturated rings. The van der Waals surface area contributed by atoms with E-state index in [1.807, 2.05) is 25.1 Å². The molecule has 1 saturated heterocycles. The van der Waals surface area contributed by atoms with Crippen molar-refractivity contribution in [2.75, 3.05) is 17.2 Å². The van der Waals surface area contributed by atoms with Crippen LogP contribution >= 0.6 is 11.8 Å². The van der Waals surface area contributed by atoms with E-state index in [0.29, 0.717) is 17.9 Å². The summed E-state index contributed by atoms with van der Waals surface area (Å²) in [5.41, 5.74) is 3.65. The molecule has 7 heteroatoms. The van der Waals surface area contributed by atoms with E-state index >= 15 is 0 Å². The first-order chi connectivity index (χ1) is 15.4. The minimum atomic E-state index is -1.17. The molecule has 3 aromatic rings. The lowest BCUT2D eigenvalue weighted by molar-refractivity contribution is -0.123. The maximum atomic E-state index is 13.9. The summed E-state index contributed by atoms with van der Waals surface area (Å²) in [7, 11) is 0. The molecular formula is C25H20F2N2O2S. The number of hydrogen-bond donors (Lipinski definition) is 0. The standard InChI is InChI=1S/C25H20F2N2O2S/c1-16-2-11-22-21(14-16)25(24(31)28(22)15-17-3-7-19(26)8-4-17)29(12-13-32-25)23(30)18-5-9-20(27)10-6-18/h2-11,14H,12-13,15H2,1H3/t25-/m1/s1. The fraction of sp³-hybridized carbons (Fsp3) is 0.200. The van der Waals surface area contributed by atoms with Crippen LogP contribution in [0.25, 0.3) is 0 Å². The summed E-state index contributed by atoms with van der Waals surface area (Å²) in [5.74, 6) is -0.650. The van der Waals surface area contributed by atoms with E-state index in [1.54, 1.807) is 21.9 Å². The van der Waals surface area contributed by atoms with Crippen molar-refractivity contribution in [2.45, 2.75) is 18.3 Å². The molecule has 2 aliphatic rings. The van der Waals surface area contributed by atoms with E-state index < -0.39 is 10.7 Å². The van der Waals surface area contributed by atoms with Gasteiger partial charge in [-0.2, -0.15) is 0 Å². The lowest BCUT2D eigenvalue weighted by atomic mass is 10.0. The molecule has 0 aromatic heterocycles. The van der Waals surface area contributed by atoms with Crippen LogP contribution in [0.2, 0.25) is 0 Å². The number of hydrogen-bond acceptors (Lipinski definition) is 3. The predicted molar refractivity (Wildman–Crippen MR) is 120 cm³/mol. The summed E-state index contributed by atoms with van der Waals surface area (Å²) >= 11 is 1.44. The smallest absolute Gasteiger partial charge is 0.268 e. The molecule has 0 saturated carbocycles. The molecule has 162 valence electrons. The van der Waals surface area contributed by atoms with Gasteiger partial charge in [0.2, 0.25) is 0 Å². The number of amides is 2. The van der Waals surface area contributed by atoms with Crippen molar-refractivity contribution >= 4 is 29.3 Å². The molecule has 4 nitrogen and oxygen atoms in total. The summed E-state index contributed by atoms with van der Waals surface area (Å²) in [6, 6.07) is 17.2. The van der Waals surface area contributed by atoms with Gasteiger partial charge >= 0.3 is 0 Å². The average Bonchev–Trinajstić information content (AvgIpc) is 3.32. The third kappa shape index (κ3) is 3.19. The fourth-order valence-corrected chi connectivity index (χ4v) is 5.86. The third-order valence-corrected chi connectivity index (χ3v) is 7.36. The SMILES string of the molecule is Cc1ccc2c(c1)[C@@]1(SCCN1C(=O)c1ccc(F)cc1)C(=O)N2Cc1ccc(F)cc1. The molecule has 1 atom stereocenters. The summed E-state index contributed by atoms with van der Waals surface area (Å²) in [6.07, 6.45) is 0. The van der Waals surface area contributed by atoms with Crippen LogP contribution in [0.1, 0.15) is 27.0 Å². The Hall–Kier alpha value is -3.19. The van der Waals surface area contributed by atoms with E-state index in [0.717, 1.165) is 22.4 Å². The Morgan fingerprint density at radius 1 is 1.00 bits per heavy atom. The maximum absolute atomic E-state index is 13.9. The number of nitrogens with zero attached hydrogens (tertiary/aromatic N) is 2. The van der Waals surface area contributed by atoms with Gasteiger partial charge in [-0.05, 0) is 55.0 Å². The highest BCUT2D eigenvalue weighted by Crippen LogP contribution is 2.55. The molecule has 0 bridgehead atoms. The Balaban J connectivity index is 1.58. The van der Waals surface area contributed by atoms with Crippen LogP contribution in [0.15, 0.2) is 66.7 Å². The summed E-state index contributed by atoms with van der Waals surface area (Å²) in [6.45, 7) is 2.63. The highest BCUT2D eigenvalue weighted by molar-refractivity contribution is 8.01. The summed E-state index contributed by atoms with van der Waals surface area (Å²) in [5, 5.41) is 0. The molecule has 0 unspecified atom stereocenters. The third-order valence-electron chi connectivity index (χ3n) is 5.94. The second-order valence-corrected chi connectivity index (χ2v) is 9.28. The van der Waals surface area contributed by atoms with Gasteiger partial charge in [-0.3, -0.25) is 9.59 Å². The van der Waals surface area contributed by atoms with Crippen LogP contribution in [0.5, 0.6) is 0 Å². The molecule has 2 aliphatic heterocycles. The van der Waals surface area contributed by atoms with Gasteiger partial charge in [0.05, 0.1) is 12.2 Å². The van der Waals surface area contributed by atoms with Crippen LogP contribution < -0.4 is 4.90 Å². The molecule has 32 heavy (non-hydrogen) atoms. The lowest BCUT2D eigenvalue weighted by Gasteiger charge is -2.33. The first-order valence-corrected chi connectivity index (χ1v) is 11.3. The molecule has 3 aromatic carbocycles. The van der Waals surface area contributed by atoms with Crippen molar-refractivity contribution in [1.29, 1.82) is 0 Å². The number of halogens is 2. The molecule has 0 aliphatic carbocycles. The molecule has 0 N–H and O–H groups in total. The van der Waals surface area contributed by atoms with Gasteiger partial charge in [0.1, 0.15) is 11.6 Å². The first kappa shape index (κ1) is 20.7. The number of thioether (sulfide) groups is 1. The Morgan fingerprint density at radius 2 is 1.66 bits per heavy atom. The fourth-order valence-electron chi connectivity index (χ4n) is 4.41. The van der Waals surface area contributed by atoms with Gasteiger partial charge in [0.15, 0.2) is 4.87 Å². The van der Waals surface area contributed by atoms with Crippen LogP contribution in [0.3, 0.4) is 0 Å². The number of rotatable bonds is 3. The Labute approximate surface area is 188 Å². The summed E-state index contributed by atoms with van der Waals surface area (Å²) in [4.78, 5) is 29.5. The van der Waals surface area contributed by atoms with Gasteiger partial charge in [-0.1, -0.05) is 29.8 Å². The predicted octanol–water partition coefficient (Wildman–Crippen LogP) is 4.86. The number of aryl methyl sites for hydroxylation is 1. The number of carbonyl (C=O) groups excluding carboxylic acids is 2. The highest BCUT2D eigenvalue weighted by atomic mass is 32.2. The van der Waals surface area contributed by atoms with Crippen LogP contribution in [-0.4, -0.2) is 29.0 Å². The quantitative estimate of drug-likeness (QED) is 0.572. The van der Waals surface area contributed by atoms with E-state index in [-0.39, 0.29) is 24.2 Å². The summed E-state index contributed by atoms with van der Waals surface area (Å²) < 4.78 is 26.8. The van der Waals surface area contributed by atoms with Crippen LogP contribution in [0.4, 0.5) is 14.5 Å². The van der Waals surface area contributed by atoms with Crippen molar-refractivity contribution in [3.05, 3.63) is 101 Å². The molecule has 1 spiro atoms. The van der Waals surface area contributed by atoms with Crippen LogP contribution in [0, 0.1) is 18.6 Å². The zero-order chi connectivity index (χ0) is 22.5. The zero-order valence-electron chi connectivity index (χ0n) is 17.3. The second kappa shape index (κ2) is 7.74. The average molecular weight is 451 g/mol. The highest BCUT2D eigenvalue weighted by Gasteiger charge is 2.59. The van der Waals surface area contributed by atoms with Gasteiger partial charge < -0.3 is 9.80 Å². The number of carbonyl (C=O) groups is 2. The van der Waals surface area contributed by atoms with Gasteiger partial charge in [0.25, 0.3) is 11.8 Å². The number of anilines is 1. The van der Waals surface area contributed by atoms with Gasteiger partial charge in [-0.15, -0.1) is 11.8 Å². The molecular weight excluding hydrogens is 430 g/mol. The van der Waals surface area contributed by atoms with Crippen molar-refractivity contribution in [3.8, 4) is 0 Å². The van der Waals surface area contributed by atoms with Gasteiger partial charge in [-0.25, -0.2) is 8.78 Å². The Bertz CT molecular complexity index is 1210. The van der Waals surface area contributed by atoms with Crippen molar-refractivity contribution < 1.29 is 18.4 Å². The lowest BCUT2D eigenvalue weighted by Crippen LogP contribution is -2.50. The zero-order valence-corrected chi connectivity index (χ0v) is 18.2. The minimum absolute atomic E-state index is 0.194. The van der Waals surface area contributed by atoms with E-state index in [2.05, 4.69) is 0 Å². The minimum Gasteiger partial charge on any atom is -0.311 e. The first-order valence-electron chi connectivity index (χ1n) is 10.3.